The Balaban J connectivity index is 1.71. The van der Waals surface area contributed by atoms with Gasteiger partial charge in [-0.3, -0.25) is 4.90 Å². The van der Waals surface area contributed by atoms with Crippen LogP contribution in [0.4, 0.5) is 0 Å². The maximum absolute atomic E-state index is 11.6. The van der Waals surface area contributed by atoms with Gasteiger partial charge in [0.25, 0.3) is 0 Å². The minimum Gasteiger partial charge on any atom is -0.330 e. The van der Waals surface area contributed by atoms with Crippen molar-refractivity contribution in [3.05, 3.63) is 18.2 Å². The fourth-order valence-corrected chi connectivity index (χ4v) is 3.86. The molecule has 1 saturated carbocycles. The number of hydrogen-bond donors (Lipinski definition) is 1. The fraction of sp³-hybridized carbons (Fsp3) is 0.769. The summed E-state index contributed by atoms with van der Waals surface area (Å²) in [5.74, 6) is 0. The zero-order valence-electron chi connectivity index (χ0n) is 12.4. The maximum Gasteiger partial charge on any atom is 0.211 e. The second-order valence-electron chi connectivity index (χ2n) is 5.91. The van der Waals surface area contributed by atoms with Crippen molar-refractivity contribution in [3.63, 3.8) is 0 Å². The molecule has 0 aromatic carbocycles. The molecule has 1 saturated heterocycles. The maximum atomic E-state index is 11.6. The lowest BCUT2D eigenvalue weighted by molar-refractivity contribution is 0.136. The van der Waals surface area contributed by atoms with E-state index < -0.39 is 10.0 Å². The smallest absolute Gasteiger partial charge is 0.211 e. The van der Waals surface area contributed by atoms with Crippen molar-refractivity contribution in [1.82, 2.24) is 18.8 Å². The number of hydrogen-bond acceptors (Lipinski definition) is 5. The first-order valence-corrected chi connectivity index (χ1v) is 9.26. The molecule has 7 nitrogen and oxygen atoms in total. The van der Waals surface area contributed by atoms with Gasteiger partial charge in [0.1, 0.15) is 0 Å². The Hall–Kier alpha value is -0.960. The van der Waals surface area contributed by atoms with Crippen molar-refractivity contribution in [2.24, 2.45) is 5.73 Å². The van der Waals surface area contributed by atoms with Crippen LogP contribution in [0.1, 0.15) is 30.6 Å². The molecule has 8 heteroatoms. The summed E-state index contributed by atoms with van der Waals surface area (Å²) in [7, 11) is -3.09. The van der Waals surface area contributed by atoms with Crippen LogP contribution in [0.15, 0.2) is 12.5 Å². The Morgan fingerprint density at radius 3 is 2.52 bits per heavy atom. The molecule has 21 heavy (non-hydrogen) atoms. The molecule has 0 spiro atoms. The van der Waals surface area contributed by atoms with Crippen LogP contribution in [0.25, 0.3) is 0 Å². The molecule has 0 bridgehead atoms. The molecule has 1 atom stereocenters. The Bertz CT molecular complexity index is 587. The summed E-state index contributed by atoms with van der Waals surface area (Å²) in [5.41, 5.74) is 7.15. The first kappa shape index (κ1) is 15.0. The fourth-order valence-electron chi connectivity index (χ4n) is 3.03. The Labute approximate surface area is 125 Å². The summed E-state index contributed by atoms with van der Waals surface area (Å²) in [6.07, 6.45) is 7.48. The van der Waals surface area contributed by atoms with Crippen LogP contribution in [-0.4, -0.2) is 66.2 Å². The summed E-state index contributed by atoms with van der Waals surface area (Å²) < 4.78 is 26.9. The Morgan fingerprint density at radius 1 is 1.33 bits per heavy atom. The van der Waals surface area contributed by atoms with Crippen LogP contribution in [0, 0.1) is 0 Å². The molecule has 3 rings (SSSR count). The van der Waals surface area contributed by atoms with E-state index in [1.165, 1.54) is 23.4 Å². The molecule has 1 aromatic heterocycles. The van der Waals surface area contributed by atoms with Gasteiger partial charge in [-0.05, 0) is 12.8 Å². The number of nitrogens with two attached hydrogens (primary N) is 1. The highest BCUT2D eigenvalue weighted by Gasteiger charge is 2.32. The summed E-state index contributed by atoms with van der Waals surface area (Å²) >= 11 is 0. The lowest BCUT2D eigenvalue weighted by Crippen LogP contribution is -2.50. The second kappa shape index (κ2) is 5.68. The van der Waals surface area contributed by atoms with E-state index in [9.17, 15) is 8.42 Å². The highest BCUT2D eigenvalue weighted by Crippen LogP contribution is 2.37. The monoisotopic (exact) mass is 313 g/mol. The summed E-state index contributed by atoms with van der Waals surface area (Å²) in [6, 6.07) is 0.698. The summed E-state index contributed by atoms with van der Waals surface area (Å²) in [6.45, 7) is 3.02. The van der Waals surface area contributed by atoms with Crippen molar-refractivity contribution in [1.29, 1.82) is 0 Å². The van der Waals surface area contributed by atoms with Gasteiger partial charge in [-0.15, -0.1) is 0 Å². The third-order valence-electron chi connectivity index (χ3n) is 4.38. The predicted molar refractivity (Wildman–Crippen MR) is 80.3 cm³/mol. The molecular weight excluding hydrogens is 290 g/mol. The van der Waals surface area contributed by atoms with Gasteiger partial charge in [0.2, 0.25) is 10.0 Å². The summed E-state index contributed by atoms with van der Waals surface area (Å²) in [4.78, 5) is 6.55. The van der Waals surface area contributed by atoms with Gasteiger partial charge in [0, 0.05) is 45.0 Å². The highest BCUT2D eigenvalue weighted by atomic mass is 32.2. The van der Waals surface area contributed by atoms with Gasteiger partial charge in [0.15, 0.2) is 0 Å². The normalized spacial score (nSPS) is 23.3. The average Bonchev–Trinajstić information content (AvgIpc) is 3.19. The van der Waals surface area contributed by atoms with E-state index in [-0.39, 0.29) is 6.04 Å². The van der Waals surface area contributed by atoms with Crippen molar-refractivity contribution >= 4 is 10.0 Å². The van der Waals surface area contributed by atoms with Crippen molar-refractivity contribution in [2.45, 2.75) is 24.9 Å². The molecule has 1 aliphatic carbocycles. The van der Waals surface area contributed by atoms with E-state index in [1.807, 2.05) is 12.5 Å². The van der Waals surface area contributed by atoms with Crippen molar-refractivity contribution < 1.29 is 8.42 Å². The molecule has 118 valence electrons. The van der Waals surface area contributed by atoms with Gasteiger partial charge in [0.05, 0.1) is 24.3 Å². The molecule has 0 amide bonds. The molecule has 2 aliphatic rings. The number of piperazine rings is 1. The van der Waals surface area contributed by atoms with Crippen LogP contribution in [0.5, 0.6) is 0 Å². The number of rotatable bonds is 5. The lowest BCUT2D eigenvalue weighted by atomic mass is 10.1. The average molecular weight is 313 g/mol. The minimum absolute atomic E-state index is 0.120. The molecule has 1 aromatic rings. The van der Waals surface area contributed by atoms with Crippen LogP contribution >= 0.6 is 0 Å². The first-order chi connectivity index (χ1) is 10.0. The third-order valence-corrected chi connectivity index (χ3v) is 5.69. The van der Waals surface area contributed by atoms with E-state index in [4.69, 9.17) is 5.73 Å². The van der Waals surface area contributed by atoms with Crippen LogP contribution in [0.3, 0.4) is 0 Å². The summed E-state index contributed by atoms with van der Waals surface area (Å²) in [5, 5.41) is 0. The molecule has 0 radical (unpaired) electrons. The molecule has 1 unspecified atom stereocenters. The SMILES string of the molecule is CS(=O)(=O)N1CCN(C(CN)c2cncn2C2CC2)CC1. The molecular formula is C13H23N5O2S. The van der Waals surface area contributed by atoms with E-state index in [1.54, 1.807) is 0 Å². The number of nitrogens with zero attached hydrogens (tertiary/aromatic N) is 4. The second-order valence-corrected chi connectivity index (χ2v) is 7.89. The van der Waals surface area contributed by atoms with Gasteiger partial charge in [-0.1, -0.05) is 0 Å². The predicted octanol–water partition coefficient (Wildman–Crippen LogP) is -0.205. The first-order valence-electron chi connectivity index (χ1n) is 7.41. The quantitative estimate of drug-likeness (QED) is 0.813. The molecule has 2 fully saturated rings. The largest absolute Gasteiger partial charge is 0.330 e. The van der Waals surface area contributed by atoms with Crippen molar-refractivity contribution in [3.8, 4) is 0 Å². The van der Waals surface area contributed by atoms with E-state index in [0.29, 0.717) is 38.8 Å². The third kappa shape index (κ3) is 3.13. The van der Waals surface area contributed by atoms with Gasteiger partial charge >= 0.3 is 0 Å². The van der Waals surface area contributed by atoms with Crippen LogP contribution in [0.2, 0.25) is 0 Å². The van der Waals surface area contributed by atoms with Crippen LogP contribution < -0.4 is 5.73 Å². The number of aromatic nitrogens is 2. The molecule has 2 N–H and O–H groups in total. The number of imidazole rings is 1. The van der Waals surface area contributed by atoms with Gasteiger partial charge in [-0.25, -0.2) is 13.4 Å². The van der Waals surface area contributed by atoms with Gasteiger partial charge < -0.3 is 10.3 Å². The zero-order valence-corrected chi connectivity index (χ0v) is 13.2. The Morgan fingerprint density at radius 2 is 2.00 bits per heavy atom. The zero-order chi connectivity index (χ0) is 15.0. The van der Waals surface area contributed by atoms with E-state index in [2.05, 4.69) is 14.5 Å². The van der Waals surface area contributed by atoms with Crippen molar-refractivity contribution in [2.75, 3.05) is 39.0 Å². The standard InChI is InChI=1S/C13H23N5O2S/c1-21(19,20)17-6-4-16(5-7-17)12(8-14)13-9-15-10-18(13)11-2-3-11/h9-12H,2-8,14H2,1H3. The number of sulfonamides is 1. The van der Waals surface area contributed by atoms with E-state index >= 15 is 0 Å². The van der Waals surface area contributed by atoms with Crippen LogP contribution in [-0.2, 0) is 10.0 Å². The lowest BCUT2D eigenvalue weighted by Gasteiger charge is -2.38. The van der Waals surface area contributed by atoms with Gasteiger partial charge in [-0.2, -0.15) is 4.31 Å². The molecule has 2 heterocycles. The minimum atomic E-state index is -3.09. The Kier molecular flexibility index (Phi) is 4.04. The molecule has 1 aliphatic heterocycles. The highest BCUT2D eigenvalue weighted by molar-refractivity contribution is 7.88. The topological polar surface area (TPSA) is 84.5 Å². The van der Waals surface area contributed by atoms with E-state index in [0.717, 1.165) is 5.69 Å².